The standard InChI is InChI=1S/C17H18N6O2/c1-2-24-16-10-14(11-19-23-17(18)20-21-22-23)8-9-15(16)25-12-13-6-4-3-5-7-13/h3-11H,2,12H2,1H3,(H2,18,20,22). The predicted octanol–water partition coefficient (Wildman–Crippen LogP) is 2.12. The molecule has 2 N–H and O–H groups in total. The molecule has 1 heterocycles. The number of ether oxygens (including phenoxy) is 2. The summed E-state index contributed by atoms with van der Waals surface area (Å²) in [7, 11) is 0. The summed E-state index contributed by atoms with van der Waals surface area (Å²) in [6.45, 7) is 2.92. The molecule has 0 atom stereocenters. The smallest absolute Gasteiger partial charge is 0.263 e. The second-order valence-corrected chi connectivity index (χ2v) is 5.08. The number of rotatable bonds is 7. The third-order valence-electron chi connectivity index (χ3n) is 3.30. The maximum Gasteiger partial charge on any atom is 0.263 e. The van der Waals surface area contributed by atoms with Crippen molar-refractivity contribution in [3.63, 3.8) is 0 Å². The Bertz CT molecular complexity index is 847. The van der Waals surface area contributed by atoms with E-state index in [1.54, 1.807) is 6.21 Å². The molecule has 8 nitrogen and oxygen atoms in total. The van der Waals surface area contributed by atoms with E-state index in [0.29, 0.717) is 24.7 Å². The lowest BCUT2D eigenvalue weighted by Gasteiger charge is -2.12. The lowest BCUT2D eigenvalue weighted by molar-refractivity contribution is 0.269. The normalized spacial score (nSPS) is 10.9. The van der Waals surface area contributed by atoms with Gasteiger partial charge in [-0.3, -0.25) is 0 Å². The number of hydrogen-bond donors (Lipinski definition) is 1. The number of anilines is 1. The minimum Gasteiger partial charge on any atom is -0.490 e. The van der Waals surface area contributed by atoms with Gasteiger partial charge in [-0.25, -0.2) is 0 Å². The van der Waals surface area contributed by atoms with Crippen LogP contribution in [0.2, 0.25) is 0 Å². The van der Waals surface area contributed by atoms with E-state index in [1.165, 1.54) is 0 Å². The molecule has 1 aromatic heterocycles. The van der Waals surface area contributed by atoms with Gasteiger partial charge in [-0.15, -0.1) is 0 Å². The molecule has 0 amide bonds. The minimum atomic E-state index is 0.115. The molecule has 0 unspecified atom stereocenters. The van der Waals surface area contributed by atoms with Crippen LogP contribution in [0.4, 0.5) is 5.95 Å². The van der Waals surface area contributed by atoms with Crippen LogP contribution in [0.3, 0.4) is 0 Å². The molecule has 0 saturated heterocycles. The van der Waals surface area contributed by atoms with Crippen molar-refractivity contribution in [3.8, 4) is 11.5 Å². The van der Waals surface area contributed by atoms with Crippen molar-refractivity contribution < 1.29 is 9.47 Å². The van der Waals surface area contributed by atoms with Gasteiger partial charge in [-0.2, -0.15) is 5.10 Å². The summed E-state index contributed by atoms with van der Waals surface area (Å²) in [5.74, 6) is 1.43. The SMILES string of the molecule is CCOc1cc(C=Nn2nnnc2N)ccc1OCc1ccccc1. The largest absolute Gasteiger partial charge is 0.490 e. The zero-order valence-electron chi connectivity index (χ0n) is 13.7. The third kappa shape index (κ3) is 4.31. The molecule has 0 bridgehead atoms. The van der Waals surface area contributed by atoms with Gasteiger partial charge in [0, 0.05) is 0 Å². The number of nitrogens with two attached hydrogens (primary N) is 1. The molecular formula is C17H18N6O2. The fraction of sp³-hybridized carbons (Fsp3) is 0.176. The Balaban J connectivity index is 1.75. The van der Waals surface area contributed by atoms with Crippen LogP contribution < -0.4 is 15.2 Å². The van der Waals surface area contributed by atoms with Crippen LogP contribution in [-0.4, -0.2) is 33.1 Å². The first-order valence-electron chi connectivity index (χ1n) is 7.78. The van der Waals surface area contributed by atoms with Gasteiger partial charge in [-0.1, -0.05) is 40.2 Å². The van der Waals surface area contributed by atoms with E-state index in [4.69, 9.17) is 15.2 Å². The second kappa shape index (κ2) is 7.91. The first-order valence-corrected chi connectivity index (χ1v) is 7.78. The van der Waals surface area contributed by atoms with Crippen LogP contribution in [0.5, 0.6) is 11.5 Å². The Hall–Kier alpha value is -3.42. The molecule has 128 valence electrons. The average Bonchev–Trinajstić information content (AvgIpc) is 3.05. The summed E-state index contributed by atoms with van der Waals surface area (Å²) in [6, 6.07) is 15.5. The number of hydrogen-bond acceptors (Lipinski definition) is 7. The zero-order chi connectivity index (χ0) is 17.5. The Kier molecular flexibility index (Phi) is 5.20. The van der Waals surface area contributed by atoms with Gasteiger partial charge in [0.2, 0.25) is 0 Å². The molecule has 3 aromatic rings. The van der Waals surface area contributed by atoms with Crippen molar-refractivity contribution in [2.24, 2.45) is 5.10 Å². The second-order valence-electron chi connectivity index (χ2n) is 5.08. The Morgan fingerprint density at radius 3 is 2.68 bits per heavy atom. The summed E-state index contributed by atoms with van der Waals surface area (Å²) >= 11 is 0. The molecule has 0 fully saturated rings. The Morgan fingerprint density at radius 1 is 1.12 bits per heavy atom. The van der Waals surface area contributed by atoms with E-state index < -0.39 is 0 Å². The van der Waals surface area contributed by atoms with Crippen molar-refractivity contribution in [1.82, 2.24) is 20.3 Å². The third-order valence-corrected chi connectivity index (χ3v) is 3.30. The summed E-state index contributed by atoms with van der Waals surface area (Å²) < 4.78 is 11.5. The fourth-order valence-electron chi connectivity index (χ4n) is 2.12. The Labute approximate surface area is 144 Å². The first kappa shape index (κ1) is 16.4. The maximum atomic E-state index is 5.87. The van der Waals surface area contributed by atoms with Gasteiger partial charge in [0.15, 0.2) is 11.5 Å². The van der Waals surface area contributed by atoms with Crippen molar-refractivity contribution in [2.75, 3.05) is 12.3 Å². The number of nitrogen functional groups attached to an aromatic ring is 1. The van der Waals surface area contributed by atoms with E-state index in [9.17, 15) is 0 Å². The fourth-order valence-corrected chi connectivity index (χ4v) is 2.12. The molecule has 0 saturated carbocycles. The van der Waals surface area contributed by atoms with E-state index in [0.717, 1.165) is 15.9 Å². The van der Waals surface area contributed by atoms with E-state index >= 15 is 0 Å². The highest BCUT2D eigenvalue weighted by Crippen LogP contribution is 2.28. The van der Waals surface area contributed by atoms with Crippen molar-refractivity contribution in [3.05, 3.63) is 59.7 Å². The summed E-state index contributed by atoms with van der Waals surface area (Å²) in [5.41, 5.74) is 7.47. The topological polar surface area (TPSA) is 100 Å². The molecule has 0 aliphatic heterocycles. The maximum absolute atomic E-state index is 5.87. The van der Waals surface area contributed by atoms with Crippen molar-refractivity contribution >= 4 is 12.2 Å². The quantitative estimate of drug-likeness (QED) is 0.662. The molecule has 25 heavy (non-hydrogen) atoms. The van der Waals surface area contributed by atoms with Crippen LogP contribution in [0, 0.1) is 0 Å². The highest BCUT2D eigenvalue weighted by Gasteiger charge is 2.07. The molecule has 0 aliphatic rings. The van der Waals surface area contributed by atoms with E-state index in [-0.39, 0.29) is 5.95 Å². The van der Waals surface area contributed by atoms with Crippen LogP contribution in [0.15, 0.2) is 53.6 Å². The lowest BCUT2D eigenvalue weighted by Crippen LogP contribution is -2.01. The van der Waals surface area contributed by atoms with Crippen molar-refractivity contribution in [1.29, 1.82) is 0 Å². The molecule has 0 aliphatic carbocycles. The molecule has 2 aromatic carbocycles. The molecule has 0 radical (unpaired) electrons. The lowest BCUT2D eigenvalue weighted by atomic mass is 10.2. The molecular weight excluding hydrogens is 320 g/mol. The molecule has 8 heteroatoms. The van der Waals surface area contributed by atoms with E-state index in [2.05, 4.69) is 20.6 Å². The number of benzene rings is 2. The molecule has 3 rings (SSSR count). The van der Waals surface area contributed by atoms with Gasteiger partial charge >= 0.3 is 0 Å². The monoisotopic (exact) mass is 338 g/mol. The van der Waals surface area contributed by atoms with Gasteiger partial charge in [0.1, 0.15) is 6.61 Å². The zero-order valence-corrected chi connectivity index (χ0v) is 13.7. The highest BCUT2D eigenvalue weighted by atomic mass is 16.5. The predicted molar refractivity (Wildman–Crippen MR) is 93.6 cm³/mol. The van der Waals surface area contributed by atoms with E-state index in [1.807, 2.05) is 55.5 Å². The number of nitrogens with zero attached hydrogens (tertiary/aromatic N) is 5. The number of tetrazole rings is 1. The van der Waals surface area contributed by atoms with Gasteiger partial charge in [-0.05, 0) is 46.7 Å². The van der Waals surface area contributed by atoms with Crippen LogP contribution in [-0.2, 0) is 6.61 Å². The summed E-state index contributed by atoms with van der Waals surface area (Å²) in [5, 5.41) is 14.7. The minimum absolute atomic E-state index is 0.115. The van der Waals surface area contributed by atoms with Gasteiger partial charge in [0.25, 0.3) is 5.95 Å². The average molecular weight is 338 g/mol. The van der Waals surface area contributed by atoms with Crippen LogP contribution in [0.25, 0.3) is 0 Å². The summed E-state index contributed by atoms with van der Waals surface area (Å²) in [6.07, 6.45) is 1.59. The van der Waals surface area contributed by atoms with Crippen LogP contribution >= 0.6 is 0 Å². The number of aromatic nitrogens is 4. The molecule has 0 spiro atoms. The van der Waals surface area contributed by atoms with Crippen molar-refractivity contribution in [2.45, 2.75) is 13.5 Å². The first-order chi connectivity index (χ1) is 12.3. The van der Waals surface area contributed by atoms with Crippen LogP contribution in [0.1, 0.15) is 18.1 Å². The Morgan fingerprint density at radius 2 is 1.96 bits per heavy atom. The highest BCUT2D eigenvalue weighted by molar-refractivity contribution is 5.80. The summed E-state index contributed by atoms with van der Waals surface area (Å²) in [4.78, 5) is 1.14. The van der Waals surface area contributed by atoms with Gasteiger partial charge in [0.05, 0.1) is 12.8 Å². The van der Waals surface area contributed by atoms with Gasteiger partial charge < -0.3 is 15.2 Å².